The van der Waals surface area contributed by atoms with Crippen LogP contribution in [0.25, 0.3) is 0 Å². The molecule has 0 spiro atoms. The first-order valence-electron chi connectivity index (χ1n) is 5.77. The fourth-order valence-corrected chi connectivity index (χ4v) is 2.88. The van der Waals surface area contributed by atoms with E-state index in [-0.39, 0.29) is 24.4 Å². The van der Waals surface area contributed by atoms with Crippen LogP contribution >= 0.6 is 0 Å². The van der Waals surface area contributed by atoms with Crippen molar-refractivity contribution in [3.63, 3.8) is 0 Å². The minimum absolute atomic E-state index is 0.0570. The van der Waals surface area contributed by atoms with Gasteiger partial charge in [0.25, 0.3) is 0 Å². The van der Waals surface area contributed by atoms with Gasteiger partial charge in [0.15, 0.2) is 0 Å². The number of hydrogen-bond donors (Lipinski definition) is 1. The second kappa shape index (κ2) is 6.48. The van der Waals surface area contributed by atoms with Gasteiger partial charge in [-0.15, -0.1) is 6.58 Å². The largest absolute Gasteiger partial charge is 0.481 e. The van der Waals surface area contributed by atoms with Crippen LogP contribution in [0.1, 0.15) is 13.3 Å². The highest BCUT2D eigenvalue weighted by atomic mass is 32.2. The Morgan fingerprint density at radius 3 is 2.84 bits per heavy atom. The number of rotatable bonds is 8. The van der Waals surface area contributed by atoms with E-state index < -0.39 is 16.0 Å². The van der Waals surface area contributed by atoms with E-state index in [1.807, 2.05) is 0 Å². The Hall–Kier alpha value is -1.67. The summed E-state index contributed by atoms with van der Waals surface area (Å²) in [5.41, 5.74) is 0. The van der Waals surface area contributed by atoms with E-state index in [4.69, 9.17) is 5.11 Å². The lowest BCUT2D eigenvalue weighted by Crippen LogP contribution is -2.30. The first kappa shape index (κ1) is 15.4. The van der Waals surface area contributed by atoms with Gasteiger partial charge >= 0.3 is 5.97 Å². The second-order valence-electron chi connectivity index (χ2n) is 3.83. The quantitative estimate of drug-likeness (QED) is 0.705. The summed E-state index contributed by atoms with van der Waals surface area (Å²) in [7, 11) is -3.60. The molecule has 0 radical (unpaired) electrons. The molecule has 1 N–H and O–H groups in total. The Balaban J connectivity index is 2.90. The molecule has 0 aliphatic heterocycles. The third-order valence-electron chi connectivity index (χ3n) is 2.49. The van der Waals surface area contributed by atoms with Gasteiger partial charge in [0, 0.05) is 19.3 Å². The average Bonchev–Trinajstić information content (AvgIpc) is 2.82. The van der Waals surface area contributed by atoms with Crippen molar-refractivity contribution in [1.29, 1.82) is 0 Å². The van der Waals surface area contributed by atoms with Crippen LogP contribution < -0.4 is 0 Å². The first-order valence-corrected chi connectivity index (χ1v) is 7.21. The van der Waals surface area contributed by atoms with Crippen LogP contribution in [0, 0.1) is 0 Å². The summed E-state index contributed by atoms with van der Waals surface area (Å²) in [4.78, 5) is 10.5. The molecule has 0 aliphatic rings. The normalized spacial score (nSPS) is 11.7. The molecule has 1 aromatic rings. The molecule has 8 heteroatoms. The van der Waals surface area contributed by atoms with Gasteiger partial charge in [-0.25, -0.2) is 8.42 Å². The minimum atomic E-state index is -3.60. The standard InChI is InChI=1S/C11H17N3O4S/c1-3-6-14(4-2)19(17,18)10-8-12-13(9-10)7-5-11(15)16/h3,8-9H,1,4-7H2,2H3,(H,15,16). The number of carboxylic acid groups (broad SMARTS) is 1. The van der Waals surface area contributed by atoms with Gasteiger partial charge < -0.3 is 5.11 Å². The summed E-state index contributed by atoms with van der Waals surface area (Å²) >= 11 is 0. The van der Waals surface area contributed by atoms with Crippen molar-refractivity contribution in [3.8, 4) is 0 Å². The van der Waals surface area contributed by atoms with Gasteiger partial charge in [0.05, 0.1) is 19.2 Å². The summed E-state index contributed by atoms with van der Waals surface area (Å²) in [5.74, 6) is -0.957. The molecule has 0 saturated heterocycles. The topological polar surface area (TPSA) is 92.5 Å². The van der Waals surface area contributed by atoms with Gasteiger partial charge in [-0.3, -0.25) is 9.48 Å². The molecular weight excluding hydrogens is 270 g/mol. The van der Waals surface area contributed by atoms with Crippen LogP contribution in [0.4, 0.5) is 0 Å². The molecule has 0 bridgehead atoms. The van der Waals surface area contributed by atoms with Crippen LogP contribution in [0.2, 0.25) is 0 Å². The fraction of sp³-hybridized carbons (Fsp3) is 0.455. The molecule has 1 heterocycles. The SMILES string of the molecule is C=CCN(CC)S(=O)(=O)c1cnn(CCC(=O)O)c1. The lowest BCUT2D eigenvalue weighted by Gasteiger charge is -2.17. The maximum Gasteiger partial charge on any atom is 0.305 e. The van der Waals surface area contributed by atoms with Crippen LogP contribution in [0.5, 0.6) is 0 Å². The van der Waals surface area contributed by atoms with E-state index in [9.17, 15) is 13.2 Å². The summed E-state index contributed by atoms with van der Waals surface area (Å²) < 4.78 is 27.0. The highest BCUT2D eigenvalue weighted by Crippen LogP contribution is 2.14. The molecule has 106 valence electrons. The summed E-state index contributed by atoms with van der Waals surface area (Å²) in [6.45, 7) is 5.94. The van der Waals surface area contributed by atoms with Crippen LogP contribution in [-0.4, -0.2) is 46.7 Å². The Morgan fingerprint density at radius 2 is 2.32 bits per heavy atom. The van der Waals surface area contributed by atoms with Gasteiger partial charge in [0.1, 0.15) is 4.90 Å². The molecule has 0 amide bonds. The molecular formula is C11H17N3O4S. The summed E-state index contributed by atoms with van der Waals surface area (Å²) in [5, 5.41) is 12.4. The maximum absolute atomic E-state index is 12.2. The van der Waals surface area contributed by atoms with Crippen LogP contribution in [0.15, 0.2) is 29.9 Å². The van der Waals surface area contributed by atoms with Gasteiger partial charge in [0.2, 0.25) is 10.0 Å². The summed E-state index contributed by atoms with van der Waals surface area (Å²) in [6, 6.07) is 0. The molecule has 1 rings (SSSR count). The Kier molecular flexibility index (Phi) is 5.25. The van der Waals surface area contributed by atoms with E-state index in [1.165, 1.54) is 27.5 Å². The molecule has 7 nitrogen and oxygen atoms in total. The number of carbonyl (C=O) groups is 1. The highest BCUT2D eigenvalue weighted by molar-refractivity contribution is 7.89. The lowest BCUT2D eigenvalue weighted by atomic mass is 10.4. The molecule has 0 atom stereocenters. The van der Waals surface area contributed by atoms with E-state index in [0.717, 1.165) is 0 Å². The second-order valence-corrected chi connectivity index (χ2v) is 5.77. The molecule has 0 fully saturated rings. The van der Waals surface area contributed by atoms with Crippen molar-refractivity contribution >= 4 is 16.0 Å². The minimum Gasteiger partial charge on any atom is -0.481 e. The Labute approximate surface area is 112 Å². The highest BCUT2D eigenvalue weighted by Gasteiger charge is 2.23. The van der Waals surface area contributed by atoms with Crippen molar-refractivity contribution in [2.24, 2.45) is 0 Å². The molecule has 1 aromatic heterocycles. The first-order chi connectivity index (χ1) is 8.91. The predicted octanol–water partition coefficient (Wildman–Crippen LogP) is 0.554. The van der Waals surface area contributed by atoms with Gasteiger partial charge in [-0.05, 0) is 0 Å². The number of aromatic nitrogens is 2. The van der Waals surface area contributed by atoms with Crippen LogP contribution in [-0.2, 0) is 21.4 Å². The molecule has 0 unspecified atom stereocenters. The molecule has 0 aliphatic carbocycles. The third kappa shape index (κ3) is 3.90. The zero-order valence-electron chi connectivity index (χ0n) is 10.7. The van der Waals surface area contributed by atoms with Gasteiger partial charge in [-0.2, -0.15) is 9.40 Å². The van der Waals surface area contributed by atoms with E-state index in [2.05, 4.69) is 11.7 Å². The van der Waals surface area contributed by atoms with E-state index in [0.29, 0.717) is 6.54 Å². The molecule has 0 saturated carbocycles. The number of sulfonamides is 1. The van der Waals surface area contributed by atoms with E-state index >= 15 is 0 Å². The lowest BCUT2D eigenvalue weighted by molar-refractivity contribution is -0.137. The van der Waals surface area contributed by atoms with Crippen molar-refractivity contribution in [2.75, 3.05) is 13.1 Å². The van der Waals surface area contributed by atoms with Gasteiger partial charge in [-0.1, -0.05) is 13.0 Å². The monoisotopic (exact) mass is 287 g/mol. The zero-order chi connectivity index (χ0) is 14.5. The van der Waals surface area contributed by atoms with Crippen molar-refractivity contribution in [2.45, 2.75) is 24.8 Å². The fourth-order valence-electron chi connectivity index (χ4n) is 1.50. The van der Waals surface area contributed by atoms with Crippen molar-refractivity contribution < 1.29 is 18.3 Å². The maximum atomic E-state index is 12.2. The molecule has 19 heavy (non-hydrogen) atoms. The number of hydrogen-bond acceptors (Lipinski definition) is 4. The molecule has 0 aromatic carbocycles. The Morgan fingerprint density at radius 1 is 1.63 bits per heavy atom. The number of nitrogens with zero attached hydrogens (tertiary/aromatic N) is 3. The average molecular weight is 287 g/mol. The zero-order valence-corrected chi connectivity index (χ0v) is 11.5. The summed E-state index contributed by atoms with van der Waals surface area (Å²) in [6.07, 6.45) is 3.97. The third-order valence-corrected chi connectivity index (χ3v) is 4.38. The van der Waals surface area contributed by atoms with Crippen molar-refractivity contribution in [3.05, 3.63) is 25.0 Å². The number of likely N-dealkylation sites (N-methyl/N-ethyl adjacent to an activating group) is 1. The van der Waals surface area contributed by atoms with E-state index in [1.54, 1.807) is 6.92 Å². The Bertz CT molecular complexity index is 550. The van der Waals surface area contributed by atoms with Crippen LogP contribution in [0.3, 0.4) is 0 Å². The van der Waals surface area contributed by atoms with Crippen molar-refractivity contribution in [1.82, 2.24) is 14.1 Å². The number of aliphatic carboxylic acids is 1. The predicted molar refractivity (Wildman–Crippen MR) is 69.1 cm³/mol. The number of carboxylic acids is 1. The number of aryl methyl sites for hydroxylation is 1. The smallest absolute Gasteiger partial charge is 0.305 e.